The number of nitrogens with one attached hydrogen (secondary N) is 2. The van der Waals surface area contributed by atoms with E-state index < -0.39 is 12.1 Å². The van der Waals surface area contributed by atoms with E-state index in [0.29, 0.717) is 17.2 Å². The van der Waals surface area contributed by atoms with Crippen LogP contribution in [-0.4, -0.2) is 35.6 Å². The monoisotopic (exact) mass is 381 g/mol. The lowest BCUT2D eigenvalue weighted by Crippen LogP contribution is -2.31. The van der Waals surface area contributed by atoms with Crippen LogP contribution < -0.4 is 20.1 Å². The van der Waals surface area contributed by atoms with E-state index in [2.05, 4.69) is 10.6 Å². The number of anilines is 1. The molecule has 0 aliphatic carbocycles. The molecule has 2 aromatic carbocycles. The van der Waals surface area contributed by atoms with Crippen molar-refractivity contribution < 1.29 is 23.9 Å². The number of hydrogen-bond donors (Lipinski definition) is 2. The maximum Gasteiger partial charge on any atom is 0.325 e. The predicted molar refractivity (Wildman–Crippen MR) is 99.7 cm³/mol. The van der Waals surface area contributed by atoms with E-state index in [1.165, 1.54) is 0 Å². The van der Waals surface area contributed by atoms with Crippen LogP contribution in [0.3, 0.4) is 0 Å². The smallest absolute Gasteiger partial charge is 0.325 e. The Labute approximate surface area is 161 Å². The number of carbonyl (C=O) groups excluding carboxylic acids is 3. The highest BCUT2D eigenvalue weighted by molar-refractivity contribution is 6.04. The Morgan fingerprint density at radius 3 is 2.71 bits per heavy atom. The zero-order valence-corrected chi connectivity index (χ0v) is 15.0. The summed E-state index contributed by atoms with van der Waals surface area (Å²) in [7, 11) is 0. The Bertz CT molecular complexity index is 915. The lowest BCUT2D eigenvalue weighted by atomic mass is 10.1. The Morgan fingerprint density at radius 1 is 1.11 bits per heavy atom. The summed E-state index contributed by atoms with van der Waals surface area (Å²) in [4.78, 5) is 38.0. The minimum absolute atomic E-state index is 0.128. The largest absolute Gasteiger partial charge is 0.454 e. The number of carbonyl (C=O) groups is 3. The molecule has 0 bridgehead atoms. The molecule has 8 nitrogen and oxygen atoms in total. The van der Waals surface area contributed by atoms with Crippen molar-refractivity contribution in [1.82, 2.24) is 10.2 Å². The van der Waals surface area contributed by atoms with Gasteiger partial charge in [-0.05, 0) is 36.2 Å². The molecule has 144 valence electrons. The summed E-state index contributed by atoms with van der Waals surface area (Å²) in [6, 6.07) is 13.2. The van der Waals surface area contributed by atoms with Crippen LogP contribution in [0.25, 0.3) is 0 Å². The van der Waals surface area contributed by atoms with Crippen molar-refractivity contribution in [3.8, 4) is 11.5 Å². The summed E-state index contributed by atoms with van der Waals surface area (Å²) in [6.45, 7) is 0.295. The zero-order valence-electron chi connectivity index (χ0n) is 15.0. The highest BCUT2D eigenvalue weighted by Gasteiger charge is 2.38. The first kappa shape index (κ1) is 17.8. The molecule has 1 saturated heterocycles. The van der Waals surface area contributed by atoms with Crippen molar-refractivity contribution in [1.29, 1.82) is 0 Å². The molecule has 2 aromatic rings. The molecule has 0 radical (unpaired) electrons. The molecule has 1 fully saturated rings. The second-order valence-electron chi connectivity index (χ2n) is 6.57. The maximum atomic E-state index is 12.6. The number of ether oxygens (including phenoxy) is 2. The van der Waals surface area contributed by atoms with Crippen LogP contribution in [0.2, 0.25) is 0 Å². The number of nitrogens with zero attached hydrogens (tertiary/aromatic N) is 1. The van der Waals surface area contributed by atoms with Gasteiger partial charge >= 0.3 is 6.03 Å². The summed E-state index contributed by atoms with van der Waals surface area (Å²) < 4.78 is 10.6. The Hall–Kier alpha value is -3.55. The number of rotatable bonds is 6. The molecular formula is C20H19N3O5. The van der Waals surface area contributed by atoms with Crippen molar-refractivity contribution in [2.24, 2.45) is 0 Å². The van der Waals surface area contributed by atoms with E-state index >= 15 is 0 Å². The van der Waals surface area contributed by atoms with Crippen LogP contribution in [0, 0.1) is 0 Å². The minimum atomic E-state index is -0.706. The van der Waals surface area contributed by atoms with Crippen molar-refractivity contribution >= 4 is 23.5 Å². The summed E-state index contributed by atoms with van der Waals surface area (Å²) in [6.07, 6.45) is 0.365. The molecule has 2 aliphatic rings. The summed E-state index contributed by atoms with van der Waals surface area (Å²) in [5.74, 6) is 0.694. The van der Waals surface area contributed by atoms with E-state index in [0.717, 1.165) is 10.5 Å². The first-order valence-corrected chi connectivity index (χ1v) is 8.95. The number of amides is 4. The fourth-order valence-electron chi connectivity index (χ4n) is 3.16. The topological polar surface area (TPSA) is 97.0 Å². The molecule has 0 spiro atoms. The number of urea groups is 1. The van der Waals surface area contributed by atoms with E-state index in [1.807, 2.05) is 18.2 Å². The van der Waals surface area contributed by atoms with Gasteiger partial charge < -0.3 is 20.1 Å². The van der Waals surface area contributed by atoms with Gasteiger partial charge in [0, 0.05) is 12.1 Å². The molecular weight excluding hydrogens is 362 g/mol. The van der Waals surface area contributed by atoms with Gasteiger partial charge in [-0.2, -0.15) is 0 Å². The van der Waals surface area contributed by atoms with Crippen LogP contribution in [0.5, 0.6) is 11.5 Å². The standard InChI is InChI=1S/C20H19N3O5/c24-18(21-14-4-2-1-3-5-14)9-7-15-19(25)23(20(26)22-15)11-13-6-8-16-17(10-13)28-12-27-16/h1-6,8,10,15H,7,9,11-12H2,(H,21,24)(H,22,26)/t15-/m0/s1. The third-order valence-corrected chi connectivity index (χ3v) is 4.60. The van der Waals surface area contributed by atoms with E-state index in [4.69, 9.17) is 9.47 Å². The first-order valence-electron chi connectivity index (χ1n) is 8.95. The molecule has 0 unspecified atom stereocenters. The summed E-state index contributed by atoms with van der Waals surface area (Å²) >= 11 is 0. The molecule has 4 amide bonds. The van der Waals surface area contributed by atoms with Gasteiger partial charge in [0.25, 0.3) is 5.91 Å². The summed E-state index contributed by atoms with van der Waals surface area (Å²) in [5.41, 5.74) is 1.45. The number of imide groups is 1. The quantitative estimate of drug-likeness (QED) is 0.748. The Morgan fingerprint density at radius 2 is 1.89 bits per heavy atom. The van der Waals surface area contributed by atoms with Gasteiger partial charge in [-0.3, -0.25) is 14.5 Å². The van der Waals surface area contributed by atoms with Crippen molar-refractivity contribution in [2.45, 2.75) is 25.4 Å². The van der Waals surface area contributed by atoms with Crippen molar-refractivity contribution in [3.05, 3.63) is 54.1 Å². The van der Waals surface area contributed by atoms with Crippen molar-refractivity contribution in [3.63, 3.8) is 0 Å². The van der Waals surface area contributed by atoms with Crippen LogP contribution in [-0.2, 0) is 16.1 Å². The number of fused-ring (bicyclic) bond motifs is 1. The molecule has 8 heteroatoms. The normalized spacial score (nSPS) is 17.6. The minimum Gasteiger partial charge on any atom is -0.454 e. The molecule has 28 heavy (non-hydrogen) atoms. The first-order chi connectivity index (χ1) is 13.6. The SMILES string of the molecule is O=C(CC[C@@H]1NC(=O)N(Cc2ccc3c(c2)OCO3)C1=O)Nc1ccccc1. The Balaban J connectivity index is 1.33. The molecule has 2 N–H and O–H groups in total. The number of para-hydroxylation sites is 1. The van der Waals surface area contributed by atoms with Crippen LogP contribution in [0.15, 0.2) is 48.5 Å². The molecule has 0 saturated carbocycles. The molecule has 0 aromatic heterocycles. The van der Waals surface area contributed by atoms with E-state index in [1.54, 1.807) is 30.3 Å². The van der Waals surface area contributed by atoms with Gasteiger partial charge in [0.05, 0.1) is 6.54 Å². The fourth-order valence-corrected chi connectivity index (χ4v) is 3.16. The van der Waals surface area contributed by atoms with Gasteiger partial charge in [0.15, 0.2) is 11.5 Å². The van der Waals surface area contributed by atoms with Crippen LogP contribution in [0.1, 0.15) is 18.4 Å². The van der Waals surface area contributed by atoms with Gasteiger partial charge in [-0.1, -0.05) is 24.3 Å². The third-order valence-electron chi connectivity index (χ3n) is 4.60. The average molecular weight is 381 g/mol. The average Bonchev–Trinajstić information content (AvgIpc) is 3.26. The predicted octanol–water partition coefficient (Wildman–Crippen LogP) is 2.25. The number of hydrogen-bond acceptors (Lipinski definition) is 5. The van der Waals surface area contributed by atoms with Gasteiger partial charge in [0.1, 0.15) is 6.04 Å². The Kier molecular flexibility index (Phi) is 4.84. The van der Waals surface area contributed by atoms with Gasteiger partial charge in [-0.25, -0.2) is 4.79 Å². The maximum absolute atomic E-state index is 12.6. The fraction of sp³-hybridized carbons (Fsp3) is 0.250. The molecule has 2 heterocycles. The van der Waals surface area contributed by atoms with E-state index in [9.17, 15) is 14.4 Å². The molecule has 1 atom stereocenters. The van der Waals surface area contributed by atoms with Crippen molar-refractivity contribution in [2.75, 3.05) is 12.1 Å². The second-order valence-corrected chi connectivity index (χ2v) is 6.57. The molecule has 2 aliphatic heterocycles. The highest BCUT2D eigenvalue weighted by atomic mass is 16.7. The van der Waals surface area contributed by atoms with Gasteiger partial charge in [-0.15, -0.1) is 0 Å². The molecule has 4 rings (SSSR count). The number of benzene rings is 2. The lowest BCUT2D eigenvalue weighted by Gasteiger charge is -2.13. The highest BCUT2D eigenvalue weighted by Crippen LogP contribution is 2.33. The van der Waals surface area contributed by atoms with E-state index in [-0.39, 0.29) is 38.0 Å². The van der Waals surface area contributed by atoms with Gasteiger partial charge in [0.2, 0.25) is 12.7 Å². The zero-order chi connectivity index (χ0) is 19.5. The lowest BCUT2D eigenvalue weighted by molar-refractivity contribution is -0.128. The third kappa shape index (κ3) is 3.75. The van der Waals surface area contributed by atoms with Crippen LogP contribution in [0.4, 0.5) is 10.5 Å². The second kappa shape index (κ2) is 7.59. The summed E-state index contributed by atoms with van der Waals surface area (Å²) in [5, 5.41) is 5.41. The van der Waals surface area contributed by atoms with Crippen LogP contribution >= 0.6 is 0 Å².